The van der Waals surface area contributed by atoms with Crippen molar-refractivity contribution in [2.75, 3.05) is 7.11 Å². The summed E-state index contributed by atoms with van der Waals surface area (Å²) in [7, 11) is 1.53. The minimum absolute atomic E-state index is 0.311. The van der Waals surface area contributed by atoms with Crippen LogP contribution in [0.4, 0.5) is 0 Å². The van der Waals surface area contributed by atoms with Crippen LogP contribution >= 0.6 is 0 Å². The lowest BCUT2D eigenvalue weighted by atomic mass is 9.97. The number of ether oxygens (including phenoxy) is 2. The van der Waals surface area contributed by atoms with Crippen molar-refractivity contribution in [3.05, 3.63) is 59.2 Å². The van der Waals surface area contributed by atoms with Crippen LogP contribution in [0.2, 0.25) is 0 Å². The minimum atomic E-state index is -0.992. The fourth-order valence-electron chi connectivity index (χ4n) is 2.41. The Kier molecular flexibility index (Phi) is 5.04. The summed E-state index contributed by atoms with van der Waals surface area (Å²) >= 11 is 0. The second kappa shape index (κ2) is 6.98. The molecule has 2 rings (SSSR count). The quantitative estimate of drug-likeness (QED) is 0.888. The monoisotopic (exact) mass is 300 g/mol. The average Bonchev–Trinajstić information content (AvgIpc) is 2.50. The van der Waals surface area contributed by atoms with E-state index in [0.717, 1.165) is 16.7 Å². The molecule has 0 aliphatic rings. The molecule has 2 aromatic rings. The molecule has 0 fully saturated rings. The molecule has 0 saturated heterocycles. The van der Waals surface area contributed by atoms with Crippen molar-refractivity contribution in [1.82, 2.24) is 0 Å². The first-order valence-corrected chi connectivity index (χ1v) is 7.10. The maximum absolute atomic E-state index is 11.6. The molecule has 0 heterocycles. The molecule has 0 spiro atoms. The number of carbonyl (C=O) groups is 1. The lowest BCUT2D eigenvalue weighted by Crippen LogP contribution is -2.30. The number of hydrogen-bond acceptors (Lipinski definition) is 3. The molecule has 0 aromatic heterocycles. The van der Waals surface area contributed by atoms with Crippen LogP contribution in [-0.2, 0) is 11.2 Å². The summed E-state index contributed by atoms with van der Waals surface area (Å²) in [5.41, 5.74) is 3.13. The minimum Gasteiger partial charge on any atom is -0.493 e. The number of aliphatic carboxylic acids is 1. The summed E-state index contributed by atoms with van der Waals surface area (Å²) in [6.07, 6.45) is -0.651. The molecule has 1 atom stereocenters. The number of methoxy groups -OCH3 is 1. The number of carboxylic acid groups (broad SMARTS) is 1. The first kappa shape index (κ1) is 15.9. The summed E-state index contributed by atoms with van der Waals surface area (Å²) in [6, 6.07) is 13.0. The van der Waals surface area contributed by atoms with Gasteiger partial charge in [-0.15, -0.1) is 0 Å². The first-order valence-electron chi connectivity index (χ1n) is 7.10. The molecule has 0 aliphatic carbocycles. The van der Waals surface area contributed by atoms with Crippen molar-refractivity contribution in [2.24, 2.45) is 0 Å². The second-order valence-electron chi connectivity index (χ2n) is 5.17. The van der Waals surface area contributed by atoms with Crippen LogP contribution in [0.25, 0.3) is 0 Å². The standard InChI is InChI=1S/C18H20O4/c1-12-7-6-8-13(2)14(12)11-17(18(19)20)22-16-10-5-4-9-15(16)21-3/h4-10,17H,11H2,1-3H3,(H,19,20)/t17-/m0/s1. The van der Waals surface area contributed by atoms with Crippen LogP contribution in [0.5, 0.6) is 11.5 Å². The lowest BCUT2D eigenvalue weighted by molar-refractivity contribution is -0.145. The molecule has 0 unspecified atom stereocenters. The van der Waals surface area contributed by atoms with Gasteiger partial charge in [0.15, 0.2) is 17.6 Å². The van der Waals surface area contributed by atoms with E-state index in [1.807, 2.05) is 38.1 Å². The Morgan fingerprint density at radius 1 is 1.05 bits per heavy atom. The van der Waals surface area contributed by atoms with E-state index in [1.54, 1.807) is 18.2 Å². The van der Waals surface area contributed by atoms with E-state index in [2.05, 4.69) is 0 Å². The Morgan fingerprint density at radius 2 is 1.64 bits per heavy atom. The lowest BCUT2D eigenvalue weighted by Gasteiger charge is -2.19. The van der Waals surface area contributed by atoms with Crippen LogP contribution in [-0.4, -0.2) is 24.3 Å². The van der Waals surface area contributed by atoms with Gasteiger partial charge in [-0.25, -0.2) is 4.79 Å². The van der Waals surface area contributed by atoms with Gasteiger partial charge in [-0.05, 0) is 42.7 Å². The van der Waals surface area contributed by atoms with E-state index in [0.29, 0.717) is 17.9 Å². The maximum atomic E-state index is 11.6. The predicted molar refractivity (Wildman–Crippen MR) is 84.7 cm³/mol. The van der Waals surface area contributed by atoms with Gasteiger partial charge in [0, 0.05) is 6.42 Å². The number of para-hydroxylation sites is 2. The van der Waals surface area contributed by atoms with Gasteiger partial charge < -0.3 is 14.6 Å². The zero-order valence-corrected chi connectivity index (χ0v) is 13.0. The molecule has 116 valence electrons. The molecular weight excluding hydrogens is 280 g/mol. The Hall–Kier alpha value is -2.49. The Morgan fingerprint density at radius 3 is 2.18 bits per heavy atom. The summed E-state index contributed by atoms with van der Waals surface area (Å²) in [5.74, 6) is -0.0348. The summed E-state index contributed by atoms with van der Waals surface area (Å²) in [6.45, 7) is 3.95. The van der Waals surface area contributed by atoms with Crippen molar-refractivity contribution in [3.8, 4) is 11.5 Å². The van der Waals surface area contributed by atoms with Crippen molar-refractivity contribution in [2.45, 2.75) is 26.4 Å². The molecule has 0 saturated carbocycles. The highest BCUT2D eigenvalue weighted by atomic mass is 16.5. The van der Waals surface area contributed by atoms with Gasteiger partial charge in [-0.1, -0.05) is 30.3 Å². The van der Waals surface area contributed by atoms with Gasteiger partial charge in [-0.2, -0.15) is 0 Å². The van der Waals surface area contributed by atoms with E-state index in [9.17, 15) is 9.90 Å². The first-order chi connectivity index (χ1) is 10.5. The third-order valence-corrected chi connectivity index (χ3v) is 3.65. The summed E-state index contributed by atoms with van der Waals surface area (Å²) in [5, 5.41) is 9.48. The molecule has 0 amide bonds. The van der Waals surface area contributed by atoms with Gasteiger partial charge in [0.1, 0.15) is 0 Å². The Labute approximate surface area is 130 Å². The fourth-order valence-corrected chi connectivity index (χ4v) is 2.41. The zero-order chi connectivity index (χ0) is 16.1. The van der Waals surface area contributed by atoms with Gasteiger partial charge in [0.2, 0.25) is 0 Å². The van der Waals surface area contributed by atoms with Gasteiger partial charge >= 0.3 is 5.97 Å². The normalized spacial score (nSPS) is 11.8. The Balaban J connectivity index is 2.26. The zero-order valence-electron chi connectivity index (χ0n) is 13.0. The average molecular weight is 300 g/mol. The third-order valence-electron chi connectivity index (χ3n) is 3.65. The van der Waals surface area contributed by atoms with E-state index in [1.165, 1.54) is 7.11 Å². The summed E-state index contributed by atoms with van der Waals surface area (Å²) < 4.78 is 10.9. The van der Waals surface area contributed by atoms with Crippen molar-refractivity contribution < 1.29 is 19.4 Å². The second-order valence-corrected chi connectivity index (χ2v) is 5.17. The van der Waals surface area contributed by atoms with E-state index in [-0.39, 0.29) is 0 Å². The number of carboxylic acids is 1. The molecule has 0 aliphatic heterocycles. The van der Waals surface area contributed by atoms with Gasteiger partial charge in [0.05, 0.1) is 7.11 Å². The predicted octanol–water partition coefficient (Wildman–Crippen LogP) is 3.39. The van der Waals surface area contributed by atoms with Gasteiger partial charge in [-0.3, -0.25) is 0 Å². The third kappa shape index (κ3) is 3.58. The van der Waals surface area contributed by atoms with Crippen molar-refractivity contribution in [1.29, 1.82) is 0 Å². The number of rotatable bonds is 6. The maximum Gasteiger partial charge on any atom is 0.345 e. The molecule has 0 bridgehead atoms. The Bertz CT molecular complexity index is 644. The fraction of sp³-hybridized carbons (Fsp3) is 0.278. The number of benzene rings is 2. The molecular formula is C18H20O4. The largest absolute Gasteiger partial charge is 0.493 e. The molecule has 1 N–H and O–H groups in total. The van der Waals surface area contributed by atoms with Crippen LogP contribution in [0, 0.1) is 13.8 Å². The SMILES string of the molecule is COc1ccccc1O[C@@H](Cc1c(C)cccc1C)C(=O)O. The molecule has 0 radical (unpaired) electrons. The van der Waals surface area contributed by atoms with E-state index < -0.39 is 12.1 Å². The topological polar surface area (TPSA) is 55.8 Å². The molecule has 2 aromatic carbocycles. The van der Waals surface area contributed by atoms with Crippen LogP contribution in [0.3, 0.4) is 0 Å². The number of aryl methyl sites for hydroxylation is 2. The highest BCUT2D eigenvalue weighted by molar-refractivity contribution is 5.73. The molecule has 22 heavy (non-hydrogen) atoms. The highest BCUT2D eigenvalue weighted by Crippen LogP contribution is 2.28. The summed E-state index contributed by atoms with van der Waals surface area (Å²) in [4.78, 5) is 11.6. The van der Waals surface area contributed by atoms with Crippen LogP contribution < -0.4 is 9.47 Å². The van der Waals surface area contributed by atoms with Crippen molar-refractivity contribution in [3.63, 3.8) is 0 Å². The van der Waals surface area contributed by atoms with E-state index >= 15 is 0 Å². The molecule has 4 heteroatoms. The highest BCUT2D eigenvalue weighted by Gasteiger charge is 2.23. The smallest absolute Gasteiger partial charge is 0.345 e. The van der Waals surface area contributed by atoms with Crippen molar-refractivity contribution >= 4 is 5.97 Å². The van der Waals surface area contributed by atoms with Crippen LogP contribution in [0.1, 0.15) is 16.7 Å². The van der Waals surface area contributed by atoms with Gasteiger partial charge in [0.25, 0.3) is 0 Å². The van der Waals surface area contributed by atoms with E-state index in [4.69, 9.17) is 9.47 Å². The molecule has 4 nitrogen and oxygen atoms in total. The van der Waals surface area contributed by atoms with Crippen LogP contribution in [0.15, 0.2) is 42.5 Å². The number of hydrogen-bond donors (Lipinski definition) is 1.